The summed E-state index contributed by atoms with van der Waals surface area (Å²) in [7, 11) is 4.71. The number of ether oxygens (including phenoxy) is 3. The summed E-state index contributed by atoms with van der Waals surface area (Å²) in [5.41, 5.74) is 1.50. The van der Waals surface area contributed by atoms with E-state index in [1.54, 1.807) is 38.6 Å². The SMILES string of the molecule is COc1ccc(OC)c(NC(=O)/C(C#N)=C\N2CCN(c3ccccc3OC)CC2)c1. The van der Waals surface area contributed by atoms with Crippen molar-refractivity contribution in [2.24, 2.45) is 0 Å². The number of methoxy groups -OCH3 is 3. The molecule has 0 radical (unpaired) electrons. The topological polar surface area (TPSA) is 87.1 Å². The highest BCUT2D eigenvalue weighted by Gasteiger charge is 2.20. The number of piperazine rings is 1. The number of amides is 1. The molecule has 2 aromatic rings. The molecule has 2 aromatic carbocycles. The minimum absolute atomic E-state index is 0.0237. The van der Waals surface area contributed by atoms with Crippen LogP contribution in [0.1, 0.15) is 0 Å². The Morgan fingerprint density at radius 3 is 2.35 bits per heavy atom. The lowest BCUT2D eigenvalue weighted by Gasteiger charge is -2.36. The maximum absolute atomic E-state index is 12.7. The average Bonchev–Trinajstić information content (AvgIpc) is 2.82. The number of carbonyl (C=O) groups excluding carboxylic acids is 1. The summed E-state index contributed by atoms with van der Waals surface area (Å²) >= 11 is 0. The molecule has 0 saturated carbocycles. The van der Waals surface area contributed by atoms with Gasteiger partial charge in [-0.15, -0.1) is 0 Å². The smallest absolute Gasteiger partial charge is 0.267 e. The molecule has 8 heteroatoms. The second kappa shape index (κ2) is 10.3. The summed E-state index contributed by atoms with van der Waals surface area (Å²) < 4.78 is 15.9. The summed E-state index contributed by atoms with van der Waals surface area (Å²) in [5.74, 6) is 1.39. The molecule has 0 unspecified atom stereocenters. The monoisotopic (exact) mass is 422 g/mol. The Balaban J connectivity index is 1.67. The average molecular weight is 422 g/mol. The number of hydrogen-bond donors (Lipinski definition) is 1. The molecule has 1 saturated heterocycles. The van der Waals surface area contributed by atoms with Crippen molar-refractivity contribution in [3.63, 3.8) is 0 Å². The van der Waals surface area contributed by atoms with Crippen LogP contribution < -0.4 is 24.4 Å². The van der Waals surface area contributed by atoms with Crippen LogP contribution in [0.2, 0.25) is 0 Å². The van der Waals surface area contributed by atoms with Crippen molar-refractivity contribution in [1.29, 1.82) is 5.26 Å². The minimum Gasteiger partial charge on any atom is -0.497 e. The van der Waals surface area contributed by atoms with Crippen LogP contribution in [0.25, 0.3) is 0 Å². The van der Waals surface area contributed by atoms with E-state index in [9.17, 15) is 10.1 Å². The first-order chi connectivity index (χ1) is 15.1. The molecule has 0 aliphatic carbocycles. The van der Waals surface area contributed by atoms with Gasteiger partial charge in [0, 0.05) is 38.4 Å². The van der Waals surface area contributed by atoms with Gasteiger partial charge < -0.3 is 29.3 Å². The van der Waals surface area contributed by atoms with Gasteiger partial charge in [-0.25, -0.2) is 0 Å². The third kappa shape index (κ3) is 5.20. The normalized spacial score (nSPS) is 13.9. The molecule has 0 atom stereocenters. The van der Waals surface area contributed by atoms with Crippen LogP contribution in [0, 0.1) is 11.3 Å². The van der Waals surface area contributed by atoms with Gasteiger partial charge in [-0.1, -0.05) is 12.1 Å². The molecule has 1 heterocycles. The van der Waals surface area contributed by atoms with Crippen LogP contribution in [-0.4, -0.2) is 58.3 Å². The molecule has 31 heavy (non-hydrogen) atoms. The van der Waals surface area contributed by atoms with Crippen LogP contribution in [0.3, 0.4) is 0 Å². The molecule has 1 N–H and O–H groups in total. The van der Waals surface area contributed by atoms with Gasteiger partial charge in [0.2, 0.25) is 0 Å². The Kier molecular flexibility index (Phi) is 7.22. The van der Waals surface area contributed by atoms with Gasteiger partial charge in [-0.3, -0.25) is 4.79 Å². The number of nitriles is 1. The Labute approximate surface area is 182 Å². The van der Waals surface area contributed by atoms with Crippen LogP contribution in [0.15, 0.2) is 54.2 Å². The van der Waals surface area contributed by atoms with Crippen molar-refractivity contribution < 1.29 is 19.0 Å². The predicted octanol–water partition coefficient (Wildman–Crippen LogP) is 2.88. The van der Waals surface area contributed by atoms with Gasteiger partial charge in [0.15, 0.2) is 0 Å². The van der Waals surface area contributed by atoms with Crippen molar-refractivity contribution in [1.82, 2.24) is 4.90 Å². The van der Waals surface area contributed by atoms with Gasteiger partial charge in [0.25, 0.3) is 5.91 Å². The number of benzene rings is 2. The minimum atomic E-state index is -0.499. The van der Waals surface area contributed by atoms with E-state index in [-0.39, 0.29) is 5.57 Å². The molecule has 0 aromatic heterocycles. The summed E-state index contributed by atoms with van der Waals surface area (Å²) in [6.45, 7) is 2.86. The number of para-hydroxylation sites is 2. The first-order valence-electron chi connectivity index (χ1n) is 9.87. The predicted molar refractivity (Wildman–Crippen MR) is 119 cm³/mol. The molecular weight excluding hydrogens is 396 g/mol. The molecule has 1 aliphatic heterocycles. The maximum atomic E-state index is 12.7. The van der Waals surface area contributed by atoms with E-state index in [1.165, 1.54) is 7.11 Å². The van der Waals surface area contributed by atoms with Crippen LogP contribution >= 0.6 is 0 Å². The third-order valence-corrected chi connectivity index (χ3v) is 5.07. The van der Waals surface area contributed by atoms with Gasteiger partial charge in [-0.05, 0) is 24.3 Å². The number of hydrogen-bond acceptors (Lipinski definition) is 7. The molecule has 0 spiro atoms. The number of nitrogens with one attached hydrogen (secondary N) is 1. The van der Waals surface area contributed by atoms with Gasteiger partial charge >= 0.3 is 0 Å². The number of anilines is 2. The molecule has 162 valence electrons. The molecule has 3 rings (SSSR count). The quantitative estimate of drug-likeness (QED) is 0.542. The van der Waals surface area contributed by atoms with E-state index >= 15 is 0 Å². The Hall–Kier alpha value is -3.86. The fourth-order valence-corrected chi connectivity index (χ4v) is 3.41. The number of nitrogens with zero attached hydrogens (tertiary/aromatic N) is 3. The Morgan fingerprint density at radius 1 is 1.00 bits per heavy atom. The number of rotatable bonds is 7. The lowest BCUT2D eigenvalue weighted by molar-refractivity contribution is -0.112. The summed E-state index contributed by atoms with van der Waals surface area (Å²) in [5, 5.41) is 12.3. The molecule has 0 bridgehead atoms. The maximum Gasteiger partial charge on any atom is 0.267 e. The third-order valence-electron chi connectivity index (χ3n) is 5.07. The van der Waals surface area contributed by atoms with E-state index < -0.39 is 5.91 Å². The number of carbonyl (C=O) groups is 1. The van der Waals surface area contributed by atoms with Crippen molar-refractivity contribution in [3.8, 4) is 23.3 Å². The molecule has 1 aliphatic rings. The fourth-order valence-electron chi connectivity index (χ4n) is 3.41. The van der Waals surface area contributed by atoms with Crippen molar-refractivity contribution in [2.75, 3.05) is 57.7 Å². The standard InChI is InChI=1S/C23H26N4O4/c1-29-18-8-9-21(30-2)19(14-18)25-23(28)17(15-24)16-26-10-12-27(13-11-26)20-6-4-5-7-22(20)31-3/h4-9,14,16H,10-13H2,1-3H3,(H,25,28)/b17-16-. The highest BCUT2D eigenvalue weighted by molar-refractivity contribution is 6.07. The van der Waals surface area contributed by atoms with Gasteiger partial charge in [0.1, 0.15) is 28.9 Å². The van der Waals surface area contributed by atoms with Gasteiger partial charge in [-0.2, -0.15) is 5.26 Å². The zero-order valence-corrected chi connectivity index (χ0v) is 17.9. The second-order valence-corrected chi connectivity index (χ2v) is 6.87. The van der Waals surface area contributed by atoms with E-state index in [1.807, 2.05) is 35.2 Å². The van der Waals surface area contributed by atoms with Crippen LogP contribution in [-0.2, 0) is 4.79 Å². The van der Waals surface area contributed by atoms with Gasteiger partial charge in [0.05, 0.1) is 32.7 Å². The Morgan fingerprint density at radius 2 is 1.71 bits per heavy atom. The Bertz CT molecular complexity index is 991. The lowest BCUT2D eigenvalue weighted by Crippen LogP contribution is -2.44. The van der Waals surface area contributed by atoms with E-state index in [2.05, 4.69) is 10.2 Å². The summed E-state index contributed by atoms with van der Waals surface area (Å²) in [6.07, 6.45) is 1.61. The summed E-state index contributed by atoms with van der Waals surface area (Å²) in [6, 6.07) is 15.0. The second-order valence-electron chi connectivity index (χ2n) is 6.87. The zero-order valence-electron chi connectivity index (χ0n) is 17.9. The largest absolute Gasteiger partial charge is 0.497 e. The first kappa shape index (κ1) is 21.8. The van der Waals surface area contributed by atoms with Crippen LogP contribution in [0.5, 0.6) is 17.2 Å². The lowest BCUT2D eigenvalue weighted by atomic mass is 10.2. The molecule has 1 fully saturated rings. The highest BCUT2D eigenvalue weighted by Crippen LogP contribution is 2.30. The molecular formula is C23H26N4O4. The van der Waals surface area contributed by atoms with Crippen molar-refractivity contribution in [2.45, 2.75) is 0 Å². The van der Waals surface area contributed by atoms with E-state index in [0.29, 0.717) is 30.3 Å². The molecule has 8 nitrogen and oxygen atoms in total. The van der Waals surface area contributed by atoms with Crippen LogP contribution in [0.4, 0.5) is 11.4 Å². The summed E-state index contributed by atoms with van der Waals surface area (Å²) in [4.78, 5) is 16.9. The zero-order chi connectivity index (χ0) is 22.2. The molecule has 1 amide bonds. The van der Waals surface area contributed by atoms with E-state index in [0.717, 1.165) is 24.5 Å². The fraction of sp³-hybridized carbons (Fsp3) is 0.304. The highest BCUT2D eigenvalue weighted by atomic mass is 16.5. The first-order valence-corrected chi connectivity index (χ1v) is 9.87. The van der Waals surface area contributed by atoms with Crippen molar-refractivity contribution in [3.05, 3.63) is 54.2 Å². The van der Waals surface area contributed by atoms with E-state index in [4.69, 9.17) is 14.2 Å². The van der Waals surface area contributed by atoms with Crippen molar-refractivity contribution >= 4 is 17.3 Å².